The van der Waals surface area contributed by atoms with E-state index in [1.54, 1.807) is 17.0 Å². The minimum absolute atomic E-state index is 0.0228. The van der Waals surface area contributed by atoms with Crippen LogP contribution in [0.1, 0.15) is 18.9 Å². The van der Waals surface area contributed by atoms with Crippen molar-refractivity contribution in [2.45, 2.75) is 24.7 Å². The van der Waals surface area contributed by atoms with Gasteiger partial charge in [0, 0.05) is 19.2 Å². The van der Waals surface area contributed by atoms with Gasteiger partial charge in [0.2, 0.25) is 5.91 Å². The van der Waals surface area contributed by atoms with Gasteiger partial charge < -0.3 is 10.6 Å². The van der Waals surface area contributed by atoms with Crippen molar-refractivity contribution in [1.29, 1.82) is 0 Å². The van der Waals surface area contributed by atoms with Crippen LogP contribution in [0.2, 0.25) is 0 Å². The van der Waals surface area contributed by atoms with Crippen LogP contribution in [0.15, 0.2) is 23.1 Å². The number of amides is 1. The molecule has 0 radical (unpaired) electrons. The van der Waals surface area contributed by atoms with Crippen LogP contribution in [0.25, 0.3) is 0 Å². The summed E-state index contributed by atoms with van der Waals surface area (Å²) in [6.07, 6.45) is 1.63. The van der Waals surface area contributed by atoms with Gasteiger partial charge in [0.05, 0.1) is 4.90 Å². The number of carbonyl (C=O) groups is 1. The molecule has 1 aromatic carbocycles. The maximum absolute atomic E-state index is 11.7. The van der Waals surface area contributed by atoms with Crippen molar-refractivity contribution in [3.63, 3.8) is 0 Å². The van der Waals surface area contributed by atoms with Gasteiger partial charge in [-0.25, -0.2) is 8.42 Å². The van der Waals surface area contributed by atoms with Gasteiger partial charge in [0.15, 0.2) is 9.84 Å². The molecule has 98 valence electrons. The highest BCUT2D eigenvalue weighted by Crippen LogP contribution is 2.29. The smallest absolute Gasteiger partial charge is 0.223 e. The minimum Gasteiger partial charge on any atom is -0.317 e. The molecule has 0 aromatic heterocycles. The second-order valence-corrected chi connectivity index (χ2v) is 6.38. The molecule has 0 bridgehead atoms. The van der Waals surface area contributed by atoms with Crippen LogP contribution in [0.4, 0.5) is 5.69 Å². The number of anilines is 1. The molecule has 1 amide bonds. The topological polar surface area (TPSA) is 80.5 Å². The van der Waals surface area contributed by atoms with E-state index in [-0.39, 0.29) is 10.8 Å². The highest BCUT2D eigenvalue weighted by molar-refractivity contribution is 7.91. The Bertz CT molecular complexity index is 581. The molecule has 2 rings (SSSR count). The summed E-state index contributed by atoms with van der Waals surface area (Å²) in [6.45, 7) is 2.20. The number of nitrogens with two attached hydrogens (primary N) is 1. The summed E-state index contributed by atoms with van der Waals surface area (Å²) >= 11 is 0. The van der Waals surface area contributed by atoms with Crippen molar-refractivity contribution in [2.75, 3.05) is 17.3 Å². The van der Waals surface area contributed by atoms with E-state index in [4.69, 9.17) is 5.73 Å². The van der Waals surface area contributed by atoms with Gasteiger partial charge in [-0.3, -0.25) is 4.79 Å². The third-order valence-corrected chi connectivity index (χ3v) is 4.54. The number of hydrogen-bond acceptors (Lipinski definition) is 4. The van der Waals surface area contributed by atoms with Gasteiger partial charge in [0.25, 0.3) is 0 Å². The maximum atomic E-state index is 11.7. The van der Waals surface area contributed by atoms with Gasteiger partial charge >= 0.3 is 0 Å². The minimum atomic E-state index is -3.40. The van der Waals surface area contributed by atoms with Crippen molar-refractivity contribution < 1.29 is 13.2 Å². The molecule has 1 aliphatic rings. The highest BCUT2D eigenvalue weighted by atomic mass is 32.2. The Labute approximate surface area is 107 Å². The van der Waals surface area contributed by atoms with Gasteiger partial charge in [0.1, 0.15) is 5.88 Å². The zero-order valence-corrected chi connectivity index (χ0v) is 11.0. The second kappa shape index (κ2) is 4.70. The first-order chi connectivity index (χ1) is 8.45. The lowest BCUT2D eigenvalue weighted by atomic mass is 10.0. The largest absolute Gasteiger partial charge is 0.317 e. The molecule has 0 atom stereocenters. The van der Waals surface area contributed by atoms with Crippen molar-refractivity contribution in [3.05, 3.63) is 23.8 Å². The van der Waals surface area contributed by atoms with E-state index in [1.807, 2.05) is 0 Å². The molecule has 6 heteroatoms. The number of benzene rings is 1. The van der Waals surface area contributed by atoms with Crippen LogP contribution >= 0.6 is 0 Å². The summed E-state index contributed by atoms with van der Waals surface area (Å²) in [6, 6.07) is 4.84. The molecule has 1 aliphatic heterocycles. The monoisotopic (exact) mass is 268 g/mol. The number of carbonyl (C=O) groups excluding carboxylic acids is 1. The maximum Gasteiger partial charge on any atom is 0.223 e. The fourth-order valence-electron chi connectivity index (χ4n) is 2.19. The molecule has 0 aliphatic carbocycles. The fourth-order valence-corrected chi connectivity index (χ4v) is 2.98. The van der Waals surface area contributed by atoms with Crippen LogP contribution in [-0.4, -0.2) is 26.7 Å². The van der Waals surface area contributed by atoms with Crippen LogP contribution in [0, 0.1) is 0 Å². The van der Waals surface area contributed by atoms with E-state index in [0.29, 0.717) is 6.54 Å². The number of hydrogen-bond donors (Lipinski definition) is 1. The Morgan fingerprint density at radius 3 is 2.78 bits per heavy atom. The number of nitrogens with zero attached hydrogens (tertiary/aromatic N) is 1. The van der Waals surface area contributed by atoms with Crippen LogP contribution < -0.4 is 10.6 Å². The average molecular weight is 268 g/mol. The van der Waals surface area contributed by atoms with Crippen molar-refractivity contribution in [3.8, 4) is 0 Å². The van der Waals surface area contributed by atoms with Gasteiger partial charge in [-0.05, 0) is 36.6 Å². The normalized spacial score (nSPS) is 15.3. The molecule has 0 saturated heterocycles. The molecule has 0 saturated carbocycles. The number of rotatable bonds is 2. The molecule has 1 heterocycles. The predicted molar refractivity (Wildman–Crippen MR) is 69.0 cm³/mol. The molecular weight excluding hydrogens is 252 g/mol. The van der Waals surface area contributed by atoms with Crippen molar-refractivity contribution in [2.24, 2.45) is 5.73 Å². The lowest BCUT2D eigenvalue weighted by Crippen LogP contribution is -2.33. The van der Waals surface area contributed by atoms with Crippen molar-refractivity contribution >= 4 is 21.4 Å². The van der Waals surface area contributed by atoms with E-state index < -0.39 is 15.7 Å². The average Bonchev–Trinajstić information content (AvgIpc) is 2.37. The molecule has 18 heavy (non-hydrogen) atoms. The molecule has 2 N–H and O–H groups in total. The summed E-state index contributed by atoms with van der Waals surface area (Å²) < 4.78 is 23.4. The Kier molecular flexibility index (Phi) is 3.41. The molecule has 5 nitrogen and oxygen atoms in total. The Balaban J connectivity index is 2.48. The van der Waals surface area contributed by atoms with Crippen molar-refractivity contribution in [1.82, 2.24) is 0 Å². The van der Waals surface area contributed by atoms with Gasteiger partial charge in [-0.15, -0.1) is 0 Å². The quantitative estimate of drug-likeness (QED) is 0.855. The number of sulfone groups is 1. The predicted octanol–water partition coefficient (Wildman–Crippen LogP) is 0.676. The van der Waals surface area contributed by atoms with E-state index in [1.165, 1.54) is 13.0 Å². The van der Waals surface area contributed by atoms with E-state index in [0.717, 1.165) is 24.1 Å². The molecule has 0 fully saturated rings. The van der Waals surface area contributed by atoms with E-state index >= 15 is 0 Å². The van der Waals surface area contributed by atoms with Crippen LogP contribution in [-0.2, 0) is 21.1 Å². The Hall–Kier alpha value is -1.40. The number of fused-ring (bicyclic) bond motifs is 1. The SMILES string of the molecule is CC(=O)N1CCCc2cc(S(=O)(=O)CN)ccc21. The van der Waals surface area contributed by atoms with E-state index in [2.05, 4.69) is 0 Å². The standard InChI is InChI=1S/C12H16N2O3S/c1-9(15)14-6-2-3-10-7-11(4-5-12(10)14)18(16,17)8-13/h4-5,7H,2-3,6,8,13H2,1H3. The highest BCUT2D eigenvalue weighted by Gasteiger charge is 2.22. The molecular formula is C12H16N2O3S. The van der Waals surface area contributed by atoms with Gasteiger partial charge in [-0.2, -0.15) is 0 Å². The second-order valence-electron chi connectivity index (χ2n) is 4.35. The fraction of sp³-hybridized carbons (Fsp3) is 0.417. The summed E-state index contributed by atoms with van der Waals surface area (Å²) in [5.41, 5.74) is 6.94. The summed E-state index contributed by atoms with van der Waals surface area (Å²) in [5, 5.41) is 0. The first kappa shape index (κ1) is 13.0. The lowest BCUT2D eigenvalue weighted by molar-refractivity contribution is -0.116. The Morgan fingerprint density at radius 2 is 2.17 bits per heavy atom. The van der Waals surface area contributed by atoms with Crippen LogP contribution in [0.3, 0.4) is 0 Å². The number of aryl methyl sites for hydroxylation is 1. The molecule has 1 aromatic rings. The zero-order valence-electron chi connectivity index (χ0n) is 10.2. The third kappa shape index (κ3) is 2.26. The summed E-state index contributed by atoms with van der Waals surface area (Å²) in [5.74, 6) is -0.423. The molecule has 0 spiro atoms. The first-order valence-corrected chi connectivity index (χ1v) is 7.45. The lowest BCUT2D eigenvalue weighted by Gasteiger charge is -2.28. The summed E-state index contributed by atoms with van der Waals surface area (Å²) in [4.78, 5) is 13.4. The van der Waals surface area contributed by atoms with Crippen LogP contribution in [0.5, 0.6) is 0 Å². The molecule has 0 unspecified atom stereocenters. The Morgan fingerprint density at radius 1 is 1.44 bits per heavy atom. The van der Waals surface area contributed by atoms with Gasteiger partial charge in [-0.1, -0.05) is 0 Å². The van der Waals surface area contributed by atoms with E-state index in [9.17, 15) is 13.2 Å². The first-order valence-electron chi connectivity index (χ1n) is 5.79. The zero-order chi connectivity index (χ0) is 13.3. The third-order valence-electron chi connectivity index (χ3n) is 3.13. The summed E-state index contributed by atoms with van der Waals surface area (Å²) in [7, 11) is -3.40.